The molecule has 3 rings (SSSR count). The van der Waals surface area contributed by atoms with Crippen molar-refractivity contribution in [3.63, 3.8) is 0 Å². The summed E-state index contributed by atoms with van der Waals surface area (Å²) in [5.41, 5.74) is 1.16. The van der Waals surface area contributed by atoms with Crippen LogP contribution >= 0.6 is 11.6 Å². The molecule has 0 spiro atoms. The number of aromatic nitrogens is 1. The Morgan fingerprint density at radius 3 is 2.93 bits per heavy atom. The summed E-state index contributed by atoms with van der Waals surface area (Å²) in [5.74, 6) is 0.590. The molecule has 2 aliphatic rings. The number of fused-ring (bicyclic) bond motifs is 2. The summed E-state index contributed by atoms with van der Waals surface area (Å²) in [6.07, 6.45) is 3.86. The van der Waals surface area contributed by atoms with Gasteiger partial charge in [0.15, 0.2) is 0 Å². The van der Waals surface area contributed by atoms with Crippen LogP contribution < -0.4 is 5.32 Å². The van der Waals surface area contributed by atoms with Gasteiger partial charge in [0.2, 0.25) is 0 Å². The zero-order valence-electron chi connectivity index (χ0n) is 7.91. The molecule has 3 atom stereocenters. The van der Waals surface area contributed by atoms with E-state index in [2.05, 4.69) is 16.4 Å². The van der Waals surface area contributed by atoms with Crippen molar-refractivity contribution < 1.29 is 0 Å². The molecule has 2 saturated heterocycles. The highest BCUT2D eigenvalue weighted by Gasteiger charge is 2.40. The van der Waals surface area contributed by atoms with Crippen LogP contribution in [0.1, 0.15) is 30.9 Å². The van der Waals surface area contributed by atoms with Gasteiger partial charge in [-0.3, -0.25) is 0 Å². The van der Waals surface area contributed by atoms with Crippen molar-refractivity contribution in [3.05, 3.63) is 29.0 Å². The van der Waals surface area contributed by atoms with Crippen LogP contribution in [0.5, 0.6) is 0 Å². The van der Waals surface area contributed by atoms with Crippen LogP contribution in [-0.4, -0.2) is 17.1 Å². The first-order chi connectivity index (χ1) is 6.83. The fraction of sp³-hybridized carbons (Fsp3) is 0.545. The first kappa shape index (κ1) is 8.69. The Hall–Kier alpha value is -0.600. The van der Waals surface area contributed by atoms with E-state index in [4.69, 9.17) is 11.6 Å². The molecule has 2 nitrogen and oxygen atoms in total. The quantitative estimate of drug-likeness (QED) is 0.717. The van der Waals surface area contributed by atoms with Gasteiger partial charge in [-0.15, -0.1) is 0 Å². The summed E-state index contributed by atoms with van der Waals surface area (Å²) < 4.78 is 0. The molecular formula is C11H13ClN2. The van der Waals surface area contributed by atoms with E-state index in [0.29, 0.717) is 17.1 Å². The molecular weight excluding hydrogens is 196 g/mol. The van der Waals surface area contributed by atoms with Crippen LogP contribution in [0.4, 0.5) is 0 Å². The number of nitrogens with one attached hydrogen (secondary N) is 1. The van der Waals surface area contributed by atoms with Gasteiger partial charge < -0.3 is 5.32 Å². The van der Waals surface area contributed by atoms with Gasteiger partial charge in [-0.25, -0.2) is 4.98 Å². The van der Waals surface area contributed by atoms with Crippen molar-refractivity contribution in [1.82, 2.24) is 10.3 Å². The van der Waals surface area contributed by atoms with Crippen molar-refractivity contribution in [2.45, 2.75) is 37.3 Å². The summed E-state index contributed by atoms with van der Waals surface area (Å²) >= 11 is 5.89. The molecule has 2 aliphatic heterocycles. The summed E-state index contributed by atoms with van der Waals surface area (Å²) in [6, 6.07) is 7.30. The van der Waals surface area contributed by atoms with Gasteiger partial charge in [-0.1, -0.05) is 17.7 Å². The average molecular weight is 209 g/mol. The second-order valence-corrected chi connectivity index (χ2v) is 4.66. The van der Waals surface area contributed by atoms with Crippen molar-refractivity contribution in [3.8, 4) is 0 Å². The number of rotatable bonds is 1. The number of pyridine rings is 1. The maximum atomic E-state index is 5.89. The second kappa shape index (κ2) is 3.21. The third-order valence-corrected chi connectivity index (χ3v) is 3.63. The lowest BCUT2D eigenvalue weighted by atomic mass is 9.86. The number of nitrogens with zero attached hydrogens (tertiary/aromatic N) is 1. The molecule has 3 heterocycles. The van der Waals surface area contributed by atoms with Gasteiger partial charge >= 0.3 is 0 Å². The molecule has 0 amide bonds. The largest absolute Gasteiger partial charge is 0.311 e. The second-order valence-electron chi connectivity index (χ2n) is 4.27. The van der Waals surface area contributed by atoms with E-state index in [1.54, 1.807) is 0 Å². The van der Waals surface area contributed by atoms with Crippen LogP contribution in [-0.2, 0) is 0 Å². The van der Waals surface area contributed by atoms with Crippen molar-refractivity contribution in [2.75, 3.05) is 0 Å². The first-order valence-electron chi connectivity index (χ1n) is 5.21. The SMILES string of the molecule is Clc1cccc(C2C[C@H]3CCC2N3)n1. The number of hydrogen-bond donors (Lipinski definition) is 1. The number of hydrogen-bond acceptors (Lipinski definition) is 2. The van der Waals surface area contributed by atoms with Gasteiger partial charge in [-0.05, 0) is 31.4 Å². The molecule has 2 bridgehead atoms. The van der Waals surface area contributed by atoms with Crippen molar-refractivity contribution in [1.29, 1.82) is 0 Å². The summed E-state index contributed by atoms with van der Waals surface area (Å²) in [7, 11) is 0. The standard InChI is InChI=1S/C11H13ClN2/c12-11-3-1-2-9(14-11)8-6-7-4-5-10(8)13-7/h1-3,7-8,10,13H,4-6H2/t7-,8?,10?/m1/s1. The normalized spacial score (nSPS) is 35.1. The van der Waals surface area contributed by atoms with Gasteiger partial charge in [0, 0.05) is 23.7 Å². The predicted octanol–water partition coefficient (Wildman–Crippen LogP) is 2.34. The lowest BCUT2D eigenvalue weighted by molar-refractivity contribution is 0.497. The molecule has 0 aromatic carbocycles. The Morgan fingerprint density at radius 2 is 2.29 bits per heavy atom. The lowest BCUT2D eigenvalue weighted by Gasteiger charge is -2.19. The van der Waals surface area contributed by atoms with Crippen LogP contribution in [0.25, 0.3) is 0 Å². The molecule has 74 valence electrons. The molecule has 1 aromatic heterocycles. The molecule has 0 aliphatic carbocycles. The lowest BCUT2D eigenvalue weighted by Crippen LogP contribution is -2.22. The van der Waals surface area contributed by atoms with Gasteiger partial charge in [0.05, 0.1) is 0 Å². The fourth-order valence-electron chi connectivity index (χ4n) is 2.78. The minimum absolute atomic E-state index is 0.590. The van der Waals surface area contributed by atoms with E-state index in [-0.39, 0.29) is 0 Å². The predicted molar refractivity (Wildman–Crippen MR) is 56.6 cm³/mol. The van der Waals surface area contributed by atoms with E-state index in [9.17, 15) is 0 Å². The summed E-state index contributed by atoms with van der Waals surface area (Å²) in [5, 5.41) is 4.23. The highest BCUT2D eigenvalue weighted by molar-refractivity contribution is 6.29. The zero-order chi connectivity index (χ0) is 9.54. The molecule has 0 saturated carbocycles. The fourth-order valence-corrected chi connectivity index (χ4v) is 2.95. The Balaban J connectivity index is 1.89. The van der Waals surface area contributed by atoms with Crippen molar-refractivity contribution >= 4 is 11.6 Å². The molecule has 2 fully saturated rings. The molecule has 1 N–H and O–H groups in total. The molecule has 2 unspecified atom stereocenters. The van der Waals surface area contributed by atoms with E-state index in [1.165, 1.54) is 19.3 Å². The summed E-state index contributed by atoms with van der Waals surface area (Å²) in [4.78, 5) is 4.40. The number of halogens is 1. The van der Waals surface area contributed by atoms with Crippen LogP contribution in [0, 0.1) is 0 Å². The van der Waals surface area contributed by atoms with Gasteiger partial charge in [0.25, 0.3) is 0 Å². The van der Waals surface area contributed by atoms with E-state index >= 15 is 0 Å². The van der Waals surface area contributed by atoms with Crippen LogP contribution in [0.3, 0.4) is 0 Å². The molecule has 0 radical (unpaired) electrons. The minimum Gasteiger partial charge on any atom is -0.311 e. The molecule has 14 heavy (non-hydrogen) atoms. The maximum Gasteiger partial charge on any atom is 0.129 e. The molecule has 1 aromatic rings. The van der Waals surface area contributed by atoms with E-state index < -0.39 is 0 Å². The smallest absolute Gasteiger partial charge is 0.129 e. The topological polar surface area (TPSA) is 24.9 Å². The zero-order valence-corrected chi connectivity index (χ0v) is 8.67. The van der Waals surface area contributed by atoms with Crippen LogP contribution in [0.15, 0.2) is 18.2 Å². The van der Waals surface area contributed by atoms with E-state index in [0.717, 1.165) is 11.7 Å². The third kappa shape index (κ3) is 1.33. The monoisotopic (exact) mass is 208 g/mol. The third-order valence-electron chi connectivity index (χ3n) is 3.42. The average Bonchev–Trinajstić information content (AvgIpc) is 2.78. The van der Waals surface area contributed by atoms with Gasteiger partial charge in [-0.2, -0.15) is 0 Å². The maximum absolute atomic E-state index is 5.89. The Labute approximate surface area is 88.7 Å². The van der Waals surface area contributed by atoms with E-state index in [1.807, 2.05) is 12.1 Å². The van der Waals surface area contributed by atoms with Gasteiger partial charge in [0.1, 0.15) is 5.15 Å². The molecule has 3 heteroatoms. The Morgan fingerprint density at radius 1 is 1.36 bits per heavy atom. The van der Waals surface area contributed by atoms with Crippen LogP contribution in [0.2, 0.25) is 5.15 Å². The summed E-state index contributed by atoms with van der Waals surface area (Å²) in [6.45, 7) is 0. The Kier molecular flexibility index (Phi) is 1.99. The Bertz CT molecular complexity index is 353. The van der Waals surface area contributed by atoms with Crippen molar-refractivity contribution in [2.24, 2.45) is 0 Å². The first-order valence-corrected chi connectivity index (χ1v) is 5.59. The minimum atomic E-state index is 0.590. The highest BCUT2D eigenvalue weighted by atomic mass is 35.5. The highest BCUT2D eigenvalue weighted by Crippen LogP contribution is 2.39.